The normalized spacial score (nSPS) is 19.4. The van der Waals surface area contributed by atoms with Gasteiger partial charge in [-0.2, -0.15) is 0 Å². The Hall–Kier alpha value is -1.66. The topological polar surface area (TPSA) is 67.6 Å². The minimum Gasteiger partial charge on any atom is -0.398 e. The number of nitrogens with zero attached hydrogens (tertiary/aromatic N) is 1. The zero-order chi connectivity index (χ0) is 15.2. The van der Waals surface area contributed by atoms with Crippen LogP contribution in [0.1, 0.15) is 18.9 Å². The summed E-state index contributed by atoms with van der Waals surface area (Å²) in [6.45, 7) is 4.78. The Kier molecular flexibility index (Phi) is 5.52. The van der Waals surface area contributed by atoms with Gasteiger partial charge in [-0.1, -0.05) is 13.0 Å². The molecule has 6 heteroatoms. The summed E-state index contributed by atoms with van der Waals surface area (Å²) in [5, 5.41) is 2.89. The average Bonchev–Trinajstić information content (AvgIpc) is 2.48. The summed E-state index contributed by atoms with van der Waals surface area (Å²) in [6, 6.07) is 4.04. The van der Waals surface area contributed by atoms with Crippen LogP contribution in [0.3, 0.4) is 0 Å². The first-order valence-electron chi connectivity index (χ1n) is 7.25. The van der Waals surface area contributed by atoms with Gasteiger partial charge in [0.05, 0.1) is 13.2 Å². The molecule has 1 unspecified atom stereocenters. The number of anilines is 1. The fourth-order valence-corrected chi connectivity index (χ4v) is 2.36. The molecule has 1 aliphatic rings. The van der Waals surface area contributed by atoms with Crippen molar-refractivity contribution in [1.82, 2.24) is 10.2 Å². The largest absolute Gasteiger partial charge is 0.398 e. The van der Waals surface area contributed by atoms with E-state index in [2.05, 4.69) is 5.32 Å². The van der Waals surface area contributed by atoms with Gasteiger partial charge >= 0.3 is 0 Å². The van der Waals surface area contributed by atoms with Gasteiger partial charge in [0, 0.05) is 25.3 Å². The SMILES string of the molecule is CCCNC(=O)C1COCCN1Cc1ccc(F)cc1N. The zero-order valence-corrected chi connectivity index (χ0v) is 12.3. The van der Waals surface area contributed by atoms with Crippen LogP contribution in [0.4, 0.5) is 10.1 Å². The Bertz CT molecular complexity index is 496. The molecule has 1 amide bonds. The van der Waals surface area contributed by atoms with Crippen molar-refractivity contribution in [2.75, 3.05) is 32.0 Å². The second-order valence-corrected chi connectivity index (χ2v) is 5.20. The van der Waals surface area contributed by atoms with Crippen molar-refractivity contribution in [1.29, 1.82) is 0 Å². The van der Waals surface area contributed by atoms with Crippen molar-refractivity contribution in [3.63, 3.8) is 0 Å². The third-order valence-electron chi connectivity index (χ3n) is 3.57. The molecule has 116 valence electrons. The molecular formula is C15H22FN3O2. The quantitative estimate of drug-likeness (QED) is 0.799. The van der Waals surface area contributed by atoms with Gasteiger partial charge in [0.15, 0.2) is 0 Å². The van der Waals surface area contributed by atoms with E-state index in [4.69, 9.17) is 10.5 Å². The number of morpholine rings is 1. The van der Waals surface area contributed by atoms with Crippen molar-refractivity contribution < 1.29 is 13.9 Å². The van der Waals surface area contributed by atoms with E-state index in [-0.39, 0.29) is 17.8 Å². The van der Waals surface area contributed by atoms with Crippen molar-refractivity contribution >= 4 is 11.6 Å². The number of rotatable bonds is 5. The molecule has 1 fully saturated rings. The number of ether oxygens (including phenoxy) is 1. The van der Waals surface area contributed by atoms with E-state index in [1.54, 1.807) is 6.07 Å². The van der Waals surface area contributed by atoms with Crippen LogP contribution in [-0.2, 0) is 16.1 Å². The third kappa shape index (κ3) is 4.15. The minimum absolute atomic E-state index is 0.0303. The summed E-state index contributed by atoms with van der Waals surface area (Å²) in [7, 11) is 0. The lowest BCUT2D eigenvalue weighted by Crippen LogP contribution is -2.53. The van der Waals surface area contributed by atoms with Crippen LogP contribution in [0.2, 0.25) is 0 Å². The van der Waals surface area contributed by atoms with Gasteiger partial charge in [-0.15, -0.1) is 0 Å². The smallest absolute Gasteiger partial charge is 0.239 e. The molecule has 0 aliphatic carbocycles. The van der Waals surface area contributed by atoms with Gasteiger partial charge < -0.3 is 15.8 Å². The van der Waals surface area contributed by atoms with Crippen molar-refractivity contribution in [3.05, 3.63) is 29.6 Å². The molecule has 0 spiro atoms. The predicted molar refractivity (Wildman–Crippen MR) is 79.1 cm³/mol. The summed E-state index contributed by atoms with van der Waals surface area (Å²) in [6.07, 6.45) is 0.893. The number of nitrogens with one attached hydrogen (secondary N) is 1. The van der Waals surface area contributed by atoms with Gasteiger partial charge in [-0.3, -0.25) is 9.69 Å². The van der Waals surface area contributed by atoms with E-state index in [0.717, 1.165) is 12.0 Å². The Morgan fingerprint density at radius 3 is 3.10 bits per heavy atom. The van der Waals surface area contributed by atoms with Crippen LogP contribution in [0, 0.1) is 5.82 Å². The molecule has 1 aliphatic heterocycles. The second kappa shape index (κ2) is 7.38. The van der Waals surface area contributed by atoms with E-state index in [1.165, 1.54) is 12.1 Å². The fourth-order valence-electron chi connectivity index (χ4n) is 2.36. The van der Waals surface area contributed by atoms with Crippen LogP contribution in [0.25, 0.3) is 0 Å². The average molecular weight is 295 g/mol. The molecule has 1 heterocycles. The maximum absolute atomic E-state index is 13.1. The van der Waals surface area contributed by atoms with E-state index >= 15 is 0 Å². The van der Waals surface area contributed by atoms with Crippen LogP contribution < -0.4 is 11.1 Å². The predicted octanol–water partition coefficient (Wildman–Crippen LogP) is 1.13. The maximum atomic E-state index is 13.1. The van der Waals surface area contributed by atoms with Crippen LogP contribution in [-0.4, -0.2) is 43.2 Å². The van der Waals surface area contributed by atoms with Crippen LogP contribution >= 0.6 is 0 Å². The number of amides is 1. The number of carbonyl (C=O) groups excluding carboxylic acids is 1. The van der Waals surface area contributed by atoms with Gasteiger partial charge in [-0.25, -0.2) is 4.39 Å². The minimum atomic E-state index is -0.351. The Morgan fingerprint density at radius 2 is 2.38 bits per heavy atom. The number of carbonyl (C=O) groups is 1. The molecule has 21 heavy (non-hydrogen) atoms. The molecule has 3 N–H and O–H groups in total. The molecular weight excluding hydrogens is 273 g/mol. The summed E-state index contributed by atoms with van der Waals surface area (Å²) in [5.41, 5.74) is 7.08. The first kappa shape index (κ1) is 15.7. The third-order valence-corrected chi connectivity index (χ3v) is 3.57. The highest BCUT2D eigenvalue weighted by molar-refractivity contribution is 5.82. The summed E-state index contributed by atoms with van der Waals surface area (Å²) < 4.78 is 18.5. The highest BCUT2D eigenvalue weighted by Gasteiger charge is 2.29. The van der Waals surface area contributed by atoms with E-state index in [9.17, 15) is 9.18 Å². The van der Waals surface area contributed by atoms with E-state index in [0.29, 0.717) is 38.5 Å². The number of benzene rings is 1. The van der Waals surface area contributed by atoms with Gasteiger partial charge in [-0.05, 0) is 24.1 Å². The molecule has 0 aromatic heterocycles. The summed E-state index contributed by atoms with van der Waals surface area (Å²) in [4.78, 5) is 14.2. The maximum Gasteiger partial charge on any atom is 0.239 e. The Balaban J connectivity index is 2.06. The molecule has 0 bridgehead atoms. The molecule has 1 saturated heterocycles. The number of nitrogen functional groups attached to an aromatic ring is 1. The molecule has 1 aromatic rings. The van der Waals surface area contributed by atoms with Crippen LogP contribution in [0.5, 0.6) is 0 Å². The molecule has 5 nitrogen and oxygen atoms in total. The number of nitrogens with two attached hydrogens (primary N) is 1. The molecule has 0 radical (unpaired) electrons. The standard InChI is InChI=1S/C15H22FN3O2/c1-2-5-18-15(20)14-10-21-7-6-19(14)9-11-3-4-12(16)8-13(11)17/h3-4,8,14H,2,5-7,9-10,17H2,1H3,(H,18,20). The Morgan fingerprint density at radius 1 is 1.57 bits per heavy atom. The van der Waals surface area contributed by atoms with Gasteiger partial charge in [0.25, 0.3) is 0 Å². The lowest BCUT2D eigenvalue weighted by atomic mass is 10.1. The summed E-state index contributed by atoms with van der Waals surface area (Å²) >= 11 is 0. The Labute approximate surface area is 124 Å². The fraction of sp³-hybridized carbons (Fsp3) is 0.533. The first-order valence-corrected chi connectivity index (χ1v) is 7.25. The zero-order valence-electron chi connectivity index (χ0n) is 12.3. The molecule has 0 saturated carbocycles. The van der Waals surface area contributed by atoms with E-state index in [1.807, 2.05) is 11.8 Å². The highest BCUT2D eigenvalue weighted by Crippen LogP contribution is 2.18. The monoisotopic (exact) mass is 295 g/mol. The lowest BCUT2D eigenvalue weighted by Gasteiger charge is -2.34. The molecule has 2 rings (SSSR count). The number of hydrogen-bond acceptors (Lipinski definition) is 4. The summed E-state index contributed by atoms with van der Waals surface area (Å²) in [5.74, 6) is -0.382. The van der Waals surface area contributed by atoms with Crippen molar-refractivity contribution in [2.24, 2.45) is 0 Å². The van der Waals surface area contributed by atoms with Gasteiger partial charge in [0.1, 0.15) is 11.9 Å². The lowest BCUT2D eigenvalue weighted by molar-refractivity contribution is -0.132. The second-order valence-electron chi connectivity index (χ2n) is 5.20. The molecule has 1 aromatic carbocycles. The van der Waals surface area contributed by atoms with Gasteiger partial charge in [0.2, 0.25) is 5.91 Å². The van der Waals surface area contributed by atoms with Crippen LogP contribution in [0.15, 0.2) is 18.2 Å². The number of halogens is 1. The first-order chi connectivity index (χ1) is 10.1. The van der Waals surface area contributed by atoms with Crippen molar-refractivity contribution in [2.45, 2.75) is 25.9 Å². The van der Waals surface area contributed by atoms with E-state index < -0.39 is 0 Å². The van der Waals surface area contributed by atoms with Crippen molar-refractivity contribution in [3.8, 4) is 0 Å². The highest BCUT2D eigenvalue weighted by atomic mass is 19.1. The number of hydrogen-bond donors (Lipinski definition) is 2. The molecule has 1 atom stereocenters.